The summed E-state index contributed by atoms with van der Waals surface area (Å²) < 4.78 is 13.7. The fourth-order valence-corrected chi connectivity index (χ4v) is 2.31. The van der Waals surface area contributed by atoms with Gasteiger partial charge < -0.3 is 5.32 Å². The van der Waals surface area contributed by atoms with Crippen LogP contribution in [0.15, 0.2) is 36.4 Å². The number of hydrogen-bond donors (Lipinski definition) is 2. The van der Waals surface area contributed by atoms with Crippen LogP contribution < -0.4 is 10.6 Å². The van der Waals surface area contributed by atoms with E-state index >= 15 is 0 Å². The SMILES string of the molecule is Cc1ccc(F)c(CNc2ccc3c(c2)C(=O)NC3=O)c1. The molecule has 2 aromatic carbocycles. The molecule has 0 spiro atoms. The van der Waals surface area contributed by atoms with Crippen molar-refractivity contribution < 1.29 is 14.0 Å². The zero-order valence-corrected chi connectivity index (χ0v) is 11.4. The Hall–Kier alpha value is -2.69. The van der Waals surface area contributed by atoms with Crippen LogP contribution >= 0.6 is 0 Å². The maximum atomic E-state index is 13.7. The monoisotopic (exact) mass is 284 g/mol. The molecule has 106 valence electrons. The third kappa shape index (κ3) is 2.50. The van der Waals surface area contributed by atoms with E-state index in [0.29, 0.717) is 28.9 Å². The lowest BCUT2D eigenvalue weighted by Crippen LogP contribution is -2.19. The van der Waals surface area contributed by atoms with Crippen LogP contribution in [0.1, 0.15) is 31.8 Å². The van der Waals surface area contributed by atoms with Gasteiger partial charge in [0.25, 0.3) is 11.8 Å². The van der Waals surface area contributed by atoms with Crippen molar-refractivity contribution in [2.24, 2.45) is 0 Å². The van der Waals surface area contributed by atoms with Gasteiger partial charge in [0, 0.05) is 17.8 Å². The van der Waals surface area contributed by atoms with Gasteiger partial charge in [-0.3, -0.25) is 14.9 Å². The summed E-state index contributed by atoms with van der Waals surface area (Å²) in [5.41, 5.74) is 2.91. The van der Waals surface area contributed by atoms with Crippen LogP contribution in [0.25, 0.3) is 0 Å². The van der Waals surface area contributed by atoms with Crippen molar-refractivity contribution in [2.75, 3.05) is 5.32 Å². The average Bonchev–Trinajstić information content (AvgIpc) is 2.75. The number of carbonyl (C=O) groups excluding carboxylic acids is 2. The van der Waals surface area contributed by atoms with Crippen LogP contribution in [0.2, 0.25) is 0 Å². The lowest BCUT2D eigenvalue weighted by Gasteiger charge is -2.09. The number of amides is 2. The molecule has 2 N–H and O–H groups in total. The van der Waals surface area contributed by atoms with E-state index in [1.165, 1.54) is 6.07 Å². The first-order valence-electron chi connectivity index (χ1n) is 6.53. The molecule has 0 radical (unpaired) electrons. The molecule has 5 heteroatoms. The van der Waals surface area contributed by atoms with Gasteiger partial charge in [-0.2, -0.15) is 0 Å². The van der Waals surface area contributed by atoms with Crippen molar-refractivity contribution in [3.8, 4) is 0 Å². The predicted octanol–water partition coefficient (Wildman–Crippen LogP) is 2.63. The quantitative estimate of drug-likeness (QED) is 0.852. The highest BCUT2D eigenvalue weighted by Crippen LogP contribution is 2.21. The Labute approximate surface area is 121 Å². The summed E-state index contributed by atoms with van der Waals surface area (Å²) in [6.07, 6.45) is 0. The number of benzene rings is 2. The molecule has 0 aliphatic carbocycles. The van der Waals surface area contributed by atoms with Gasteiger partial charge in [-0.15, -0.1) is 0 Å². The van der Waals surface area contributed by atoms with Gasteiger partial charge in [-0.05, 0) is 31.2 Å². The highest BCUT2D eigenvalue weighted by molar-refractivity contribution is 6.21. The second-order valence-electron chi connectivity index (χ2n) is 4.99. The van der Waals surface area contributed by atoms with Crippen LogP contribution in [0.4, 0.5) is 10.1 Å². The molecule has 0 bridgehead atoms. The third-order valence-corrected chi connectivity index (χ3v) is 3.42. The Morgan fingerprint density at radius 1 is 1.05 bits per heavy atom. The topological polar surface area (TPSA) is 58.2 Å². The molecule has 0 aromatic heterocycles. The third-order valence-electron chi connectivity index (χ3n) is 3.42. The van der Waals surface area contributed by atoms with Crippen molar-refractivity contribution >= 4 is 17.5 Å². The summed E-state index contributed by atoms with van der Waals surface area (Å²) in [5.74, 6) is -1.06. The van der Waals surface area contributed by atoms with E-state index in [9.17, 15) is 14.0 Å². The Bertz CT molecular complexity index is 756. The Balaban J connectivity index is 1.80. The number of carbonyl (C=O) groups is 2. The summed E-state index contributed by atoms with van der Waals surface area (Å²) >= 11 is 0. The first-order chi connectivity index (χ1) is 10.0. The molecule has 0 saturated carbocycles. The van der Waals surface area contributed by atoms with Crippen molar-refractivity contribution in [1.82, 2.24) is 5.32 Å². The summed E-state index contributed by atoms with van der Waals surface area (Å²) in [7, 11) is 0. The van der Waals surface area contributed by atoms with E-state index in [1.54, 1.807) is 30.3 Å². The molecule has 21 heavy (non-hydrogen) atoms. The van der Waals surface area contributed by atoms with Gasteiger partial charge in [-0.1, -0.05) is 17.7 Å². The molecule has 3 rings (SSSR count). The molecule has 1 aliphatic rings. The summed E-state index contributed by atoms with van der Waals surface area (Å²) in [6, 6.07) is 9.80. The van der Waals surface area contributed by atoms with Crippen LogP contribution in [-0.4, -0.2) is 11.8 Å². The highest BCUT2D eigenvalue weighted by atomic mass is 19.1. The zero-order valence-electron chi connectivity index (χ0n) is 11.4. The highest BCUT2D eigenvalue weighted by Gasteiger charge is 2.26. The van der Waals surface area contributed by atoms with E-state index in [0.717, 1.165) is 5.56 Å². The standard InChI is InChI=1S/C16H13FN2O2/c1-9-2-5-14(17)10(6-9)8-18-11-3-4-12-13(7-11)16(21)19-15(12)20/h2-7,18H,8H2,1H3,(H,19,20,21). The van der Waals surface area contributed by atoms with E-state index in [1.807, 2.05) is 6.92 Å². The fourth-order valence-electron chi connectivity index (χ4n) is 2.31. The van der Waals surface area contributed by atoms with Crippen molar-refractivity contribution in [2.45, 2.75) is 13.5 Å². The van der Waals surface area contributed by atoms with Gasteiger partial charge in [-0.25, -0.2) is 4.39 Å². The van der Waals surface area contributed by atoms with Gasteiger partial charge in [0.05, 0.1) is 11.1 Å². The Morgan fingerprint density at radius 3 is 2.62 bits per heavy atom. The first kappa shape index (κ1) is 13.3. The molecular formula is C16H13FN2O2. The van der Waals surface area contributed by atoms with Crippen LogP contribution in [-0.2, 0) is 6.54 Å². The molecule has 4 nitrogen and oxygen atoms in total. The number of aryl methyl sites for hydroxylation is 1. The molecule has 1 aliphatic heterocycles. The summed E-state index contributed by atoms with van der Waals surface area (Å²) in [5, 5.41) is 5.30. The van der Waals surface area contributed by atoms with E-state index in [4.69, 9.17) is 0 Å². The second-order valence-corrected chi connectivity index (χ2v) is 4.99. The first-order valence-corrected chi connectivity index (χ1v) is 6.53. The molecule has 0 saturated heterocycles. The number of imide groups is 1. The zero-order chi connectivity index (χ0) is 15.0. The minimum Gasteiger partial charge on any atom is -0.381 e. The van der Waals surface area contributed by atoms with E-state index < -0.39 is 5.91 Å². The molecule has 2 aromatic rings. The molecule has 0 unspecified atom stereocenters. The molecule has 0 fully saturated rings. The Morgan fingerprint density at radius 2 is 1.81 bits per heavy atom. The van der Waals surface area contributed by atoms with E-state index in [2.05, 4.69) is 10.6 Å². The maximum Gasteiger partial charge on any atom is 0.259 e. The van der Waals surface area contributed by atoms with Gasteiger partial charge in [0.15, 0.2) is 0 Å². The minimum atomic E-state index is -0.402. The van der Waals surface area contributed by atoms with Gasteiger partial charge in [0.2, 0.25) is 0 Å². The molecule has 1 heterocycles. The number of anilines is 1. The fraction of sp³-hybridized carbons (Fsp3) is 0.125. The number of halogens is 1. The molecule has 0 atom stereocenters. The summed E-state index contributed by atoms with van der Waals surface area (Å²) in [6.45, 7) is 2.20. The largest absolute Gasteiger partial charge is 0.381 e. The number of hydrogen-bond acceptors (Lipinski definition) is 3. The van der Waals surface area contributed by atoms with E-state index in [-0.39, 0.29) is 11.7 Å². The van der Waals surface area contributed by atoms with Crippen molar-refractivity contribution in [3.63, 3.8) is 0 Å². The van der Waals surface area contributed by atoms with Crippen LogP contribution in [0.3, 0.4) is 0 Å². The smallest absolute Gasteiger partial charge is 0.259 e. The van der Waals surface area contributed by atoms with Gasteiger partial charge >= 0.3 is 0 Å². The second kappa shape index (κ2) is 5.01. The molecule has 2 amide bonds. The predicted molar refractivity (Wildman–Crippen MR) is 76.7 cm³/mol. The van der Waals surface area contributed by atoms with Crippen molar-refractivity contribution in [1.29, 1.82) is 0 Å². The molecular weight excluding hydrogens is 271 g/mol. The van der Waals surface area contributed by atoms with Gasteiger partial charge in [0.1, 0.15) is 5.82 Å². The lowest BCUT2D eigenvalue weighted by atomic mass is 10.1. The average molecular weight is 284 g/mol. The summed E-state index contributed by atoms with van der Waals surface area (Å²) in [4.78, 5) is 23.0. The maximum absolute atomic E-state index is 13.7. The normalized spacial score (nSPS) is 13.0. The Kier molecular flexibility index (Phi) is 3.17. The number of rotatable bonds is 3. The number of nitrogens with one attached hydrogen (secondary N) is 2. The van der Waals surface area contributed by atoms with Crippen LogP contribution in [0, 0.1) is 12.7 Å². The lowest BCUT2D eigenvalue weighted by molar-refractivity contribution is 0.0879. The van der Waals surface area contributed by atoms with Crippen LogP contribution in [0.5, 0.6) is 0 Å². The van der Waals surface area contributed by atoms with Crippen molar-refractivity contribution in [3.05, 3.63) is 64.5 Å². The minimum absolute atomic E-state index is 0.276. The number of fused-ring (bicyclic) bond motifs is 1.